The topological polar surface area (TPSA) is 101 Å². The number of sulfonamides is 1. The van der Waals surface area contributed by atoms with Crippen molar-refractivity contribution in [2.24, 2.45) is 0 Å². The van der Waals surface area contributed by atoms with E-state index in [1.165, 1.54) is 24.4 Å². The van der Waals surface area contributed by atoms with Gasteiger partial charge in [0.2, 0.25) is 0 Å². The van der Waals surface area contributed by atoms with Crippen molar-refractivity contribution in [1.82, 2.24) is 10.2 Å². The van der Waals surface area contributed by atoms with Gasteiger partial charge >= 0.3 is 0 Å². The lowest BCUT2D eigenvalue weighted by molar-refractivity contribution is 0.597. The molecule has 2 rings (SSSR count). The van der Waals surface area contributed by atoms with Crippen LogP contribution in [0.15, 0.2) is 35.5 Å². The van der Waals surface area contributed by atoms with Crippen molar-refractivity contribution in [1.29, 1.82) is 0 Å². The van der Waals surface area contributed by atoms with E-state index in [4.69, 9.17) is 17.3 Å². The predicted molar refractivity (Wildman–Crippen MR) is 65.3 cm³/mol. The normalized spacial score (nSPS) is 11.4. The Bertz CT molecular complexity index is 624. The summed E-state index contributed by atoms with van der Waals surface area (Å²) in [6.07, 6.45) is 1.34. The molecule has 0 fully saturated rings. The maximum Gasteiger partial charge on any atom is 0.278 e. The summed E-state index contributed by atoms with van der Waals surface area (Å²) in [5.41, 5.74) is 6.19. The Balaban J connectivity index is 2.36. The van der Waals surface area contributed by atoms with Crippen molar-refractivity contribution in [2.45, 2.75) is 5.03 Å². The van der Waals surface area contributed by atoms with Gasteiger partial charge in [-0.05, 0) is 24.3 Å². The van der Waals surface area contributed by atoms with Crippen LogP contribution in [0.25, 0.3) is 0 Å². The number of nitrogens with zero attached hydrogens (tertiary/aromatic N) is 1. The lowest BCUT2D eigenvalue weighted by atomic mass is 10.3. The third-order valence-corrected chi connectivity index (χ3v) is 3.62. The standard InChI is InChI=1S/C9H9ClN4O2S/c10-7-2-1-6(11)5-8(7)14-17(15,16)9-3-4-12-13-9/h1-5,14H,11H2,(H,12,13). The van der Waals surface area contributed by atoms with Crippen molar-refractivity contribution in [3.05, 3.63) is 35.5 Å². The maximum atomic E-state index is 11.8. The Labute approximate surface area is 103 Å². The highest BCUT2D eigenvalue weighted by atomic mass is 35.5. The first-order chi connectivity index (χ1) is 7.99. The third kappa shape index (κ3) is 2.51. The Kier molecular flexibility index (Phi) is 2.95. The lowest BCUT2D eigenvalue weighted by Gasteiger charge is -2.08. The zero-order valence-electron chi connectivity index (χ0n) is 8.51. The number of hydrogen-bond donors (Lipinski definition) is 3. The molecule has 0 aliphatic rings. The summed E-state index contributed by atoms with van der Waals surface area (Å²) in [5.74, 6) is 0. The fourth-order valence-electron chi connectivity index (χ4n) is 1.21. The van der Waals surface area contributed by atoms with Gasteiger partial charge in [0.1, 0.15) is 0 Å². The fraction of sp³-hybridized carbons (Fsp3) is 0. The highest BCUT2D eigenvalue weighted by Crippen LogP contribution is 2.26. The van der Waals surface area contributed by atoms with E-state index >= 15 is 0 Å². The summed E-state index contributed by atoms with van der Waals surface area (Å²) in [5, 5.41) is 6.15. The number of aromatic nitrogens is 2. The van der Waals surface area contributed by atoms with Crippen LogP contribution in [0.4, 0.5) is 11.4 Å². The fourth-order valence-corrected chi connectivity index (χ4v) is 2.42. The molecule has 4 N–H and O–H groups in total. The molecule has 1 aromatic heterocycles. The second-order valence-corrected chi connectivity index (χ2v) is 5.32. The molecule has 0 spiro atoms. The first kappa shape index (κ1) is 11.7. The zero-order chi connectivity index (χ0) is 12.5. The minimum absolute atomic E-state index is 0.0454. The molecular formula is C9H9ClN4O2S. The Morgan fingerprint density at radius 3 is 2.76 bits per heavy atom. The second-order valence-electron chi connectivity index (χ2n) is 3.27. The van der Waals surface area contributed by atoms with E-state index in [-0.39, 0.29) is 15.7 Å². The predicted octanol–water partition coefficient (Wildman–Crippen LogP) is 1.45. The molecule has 1 aromatic carbocycles. The molecule has 17 heavy (non-hydrogen) atoms. The molecule has 0 bridgehead atoms. The highest BCUT2D eigenvalue weighted by molar-refractivity contribution is 7.92. The monoisotopic (exact) mass is 272 g/mol. The number of nitrogens with one attached hydrogen (secondary N) is 2. The molecule has 90 valence electrons. The van der Waals surface area contributed by atoms with Gasteiger partial charge in [0, 0.05) is 5.69 Å². The first-order valence-corrected chi connectivity index (χ1v) is 6.42. The number of rotatable bonds is 3. The minimum atomic E-state index is -3.72. The van der Waals surface area contributed by atoms with Crippen LogP contribution in [0, 0.1) is 0 Å². The van der Waals surface area contributed by atoms with Crippen LogP contribution in [0.3, 0.4) is 0 Å². The van der Waals surface area contributed by atoms with Gasteiger partial charge in [0.15, 0.2) is 5.03 Å². The van der Waals surface area contributed by atoms with Gasteiger partial charge in [-0.2, -0.15) is 13.5 Å². The van der Waals surface area contributed by atoms with Gasteiger partial charge in [-0.3, -0.25) is 9.82 Å². The van der Waals surface area contributed by atoms with Crippen LogP contribution in [-0.2, 0) is 10.0 Å². The first-order valence-electron chi connectivity index (χ1n) is 4.56. The van der Waals surface area contributed by atoms with E-state index < -0.39 is 10.0 Å². The number of nitrogen functional groups attached to an aromatic ring is 1. The number of benzene rings is 1. The summed E-state index contributed by atoms with van der Waals surface area (Å²) in [6, 6.07) is 5.87. The number of anilines is 2. The SMILES string of the molecule is Nc1ccc(Cl)c(NS(=O)(=O)c2ccn[nH]2)c1. The molecule has 0 saturated carbocycles. The molecule has 0 amide bonds. The molecular weight excluding hydrogens is 264 g/mol. The Morgan fingerprint density at radius 2 is 2.12 bits per heavy atom. The van der Waals surface area contributed by atoms with Gasteiger partial charge in [0.25, 0.3) is 10.0 Å². The third-order valence-electron chi connectivity index (χ3n) is 2.00. The molecule has 0 radical (unpaired) electrons. The maximum absolute atomic E-state index is 11.8. The molecule has 8 heteroatoms. The van der Waals surface area contributed by atoms with Gasteiger partial charge in [-0.1, -0.05) is 11.6 Å². The Hall–Kier alpha value is -1.73. The molecule has 2 aromatic rings. The lowest BCUT2D eigenvalue weighted by Crippen LogP contribution is -2.13. The van der Waals surface area contributed by atoms with Crippen molar-refractivity contribution in [2.75, 3.05) is 10.5 Å². The summed E-state index contributed by atoms with van der Waals surface area (Å²) in [7, 11) is -3.72. The van der Waals surface area contributed by atoms with E-state index in [9.17, 15) is 8.42 Å². The zero-order valence-corrected chi connectivity index (χ0v) is 10.1. The van der Waals surface area contributed by atoms with Crippen LogP contribution in [0.5, 0.6) is 0 Å². The quantitative estimate of drug-likeness (QED) is 0.736. The van der Waals surface area contributed by atoms with Crippen molar-refractivity contribution >= 4 is 33.0 Å². The summed E-state index contributed by atoms with van der Waals surface area (Å²) in [6.45, 7) is 0. The minimum Gasteiger partial charge on any atom is -0.399 e. The van der Waals surface area contributed by atoms with E-state index in [0.717, 1.165) is 0 Å². The van der Waals surface area contributed by atoms with Crippen molar-refractivity contribution in [3.63, 3.8) is 0 Å². The van der Waals surface area contributed by atoms with Crippen LogP contribution in [0.2, 0.25) is 5.02 Å². The number of aromatic amines is 1. The summed E-state index contributed by atoms with van der Waals surface area (Å²) < 4.78 is 26.0. The van der Waals surface area contributed by atoms with Crippen molar-refractivity contribution in [3.8, 4) is 0 Å². The van der Waals surface area contributed by atoms with Crippen LogP contribution in [0.1, 0.15) is 0 Å². The van der Waals surface area contributed by atoms with Gasteiger partial charge in [-0.15, -0.1) is 0 Å². The molecule has 1 heterocycles. The summed E-state index contributed by atoms with van der Waals surface area (Å²) >= 11 is 5.86. The largest absolute Gasteiger partial charge is 0.399 e. The van der Waals surface area contributed by atoms with Crippen molar-refractivity contribution < 1.29 is 8.42 Å². The average Bonchev–Trinajstić information content (AvgIpc) is 2.77. The van der Waals surface area contributed by atoms with Gasteiger partial charge < -0.3 is 5.73 Å². The molecule has 0 aliphatic carbocycles. The Morgan fingerprint density at radius 1 is 1.35 bits per heavy atom. The number of hydrogen-bond acceptors (Lipinski definition) is 4. The molecule has 0 unspecified atom stereocenters. The van der Waals surface area contributed by atoms with Gasteiger partial charge in [-0.25, -0.2) is 0 Å². The van der Waals surface area contributed by atoms with Crippen LogP contribution in [-0.4, -0.2) is 18.6 Å². The number of H-pyrrole nitrogens is 1. The van der Waals surface area contributed by atoms with E-state index in [0.29, 0.717) is 5.69 Å². The summed E-state index contributed by atoms with van der Waals surface area (Å²) in [4.78, 5) is 0. The second kappa shape index (κ2) is 4.27. The average molecular weight is 273 g/mol. The molecule has 0 saturated heterocycles. The highest BCUT2D eigenvalue weighted by Gasteiger charge is 2.16. The van der Waals surface area contributed by atoms with Crippen LogP contribution < -0.4 is 10.5 Å². The van der Waals surface area contributed by atoms with Gasteiger partial charge in [0.05, 0.1) is 16.9 Å². The van der Waals surface area contributed by atoms with E-state index in [2.05, 4.69) is 14.9 Å². The van der Waals surface area contributed by atoms with E-state index in [1.54, 1.807) is 6.07 Å². The smallest absolute Gasteiger partial charge is 0.278 e. The molecule has 0 atom stereocenters. The molecule has 6 nitrogen and oxygen atoms in total. The van der Waals surface area contributed by atoms with E-state index in [1.807, 2.05) is 0 Å². The molecule has 0 aliphatic heterocycles. The van der Waals surface area contributed by atoms with Crippen LogP contribution >= 0.6 is 11.6 Å². The number of nitrogens with two attached hydrogens (primary N) is 1. The number of halogens is 1.